The molecule has 0 aliphatic heterocycles. The highest BCUT2D eigenvalue weighted by Crippen LogP contribution is 2.26. The standard InChI is InChI=1S/C21H23N/c1-2-3-9-19(17-10-5-4-6-11-17)16-20-15-14-18-12-7-8-13-21(18)22-20/h4-8,10-15,19H,2-3,9,16H2,1H3/t19-/m0/s1. The first-order chi connectivity index (χ1) is 10.9. The minimum absolute atomic E-state index is 0.565. The third kappa shape index (κ3) is 3.54. The van der Waals surface area contributed by atoms with Crippen LogP contribution in [-0.4, -0.2) is 4.98 Å². The first kappa shape index (κ1) is 14.8. The molecular weight excluding hydrogens is 266 g/mol. The molecule has 1 heterocycles. The van der Waals surface area contributed by atoms with Crippen LogP contribution in [0.4, 0.5) is 0 Å². The molecule has 1 atom stereocenters. The Morgan fingerprint density at radius 2 is 1.64 bits per heavy atom. The van der Waals surface area contributed by atoms with Crippen LogP contribution in [-0.2, 0) is 6.42 Å². The van der Waals surface area contributed by atoms with E-state index in [1.807, 2.05) is 0 Å². The average molecular weight is 289 g/mol. The lowest BCUT2D eigenvalue weighted by Crippen LogP contribution is -2.05. The Kier molecular flexibility index (Phi) is 4.85. The molecule has 0 aliphatic carbocycles. The Morgan fingerprint density at radius 1 is 0.864 bits per heavy atom. The number of benzene rings is 2. The molecule has 0 N–H and O–H groups in total. The van der Waals surface area contributed by atoms with Gasteiger partial charge in [-0.15, -0.1) is 0 Å². The summed E-state index contributed by atoms with van der Waals surface area (Å²) in [6, 6.07) is 23.6. The lowest BCUT2D eigenvalue weighted by Gasteiger charge is -2.17. The van der Waals surface area contributed by atoms with Crippen molar-refractivity contribution in [3.05, 3.63) is 78.0 Å². The summed E-state index contributed by atoms with van der Waals surface area (Å²) < 4.78 is 0. The van der Waals surface area contributed by atoms with Gasteiger partial charge in [0.25, 0.3) is 0 Å². The van der Waals surface area contributed by atoms with Crippen molar-refractivity contribution in [2.75, 3.05) is 0 Å². The van der Waals surface area contributed by atoms with Gasteiger partial charge in [-0.25, -0.2) is 0 Å². The second-order valence-corrected chi connectivity index (χ2v) is 5.95. The molecule has 22 heavy (non-hydrogen) atoms. The van der Waals surface area contributed by atoms with Crippen molar-refractivity contribution in [3.63, 3.8) is 0 Å². The quantitative estimate of drug-likeness (QED) is 0.563. The van der Waals surface area contributed by atoms with Crippen LogP contribution in [0.3, 0.4) is 0 Å². The topological polar surface area (TPSA) is 12.9 Å². The van der Waals surface area contributed by atoms with Gasteiger partial charge in [0.2, 0.25) is 0 Å². The number of hydrogen-bond donors (Lipinski definition) is 0. The van der Waals surface area contributed by atoms with E-state index in [0.717, 1.165) is 11.9 Å². The number of para-hydroxylation sites is 1. The normalized spacial score (nSPS) is 12.4. The molecule has 0 spiro atoms. The highest BCUT2D eigenvalue weighted by molar-refractivity contribution is 5.78. The minimum atomic E-state index is 0.565. The van der Waals surface area contributed by atoms with Gasteiger partial charge < -0.3 is 0 Å². The zero-order chi connectivity index (χ0) is 15.2. The van der Waals surface area contributed by atoms with Crippen molar-refractivity contribution in [1.82, 2.24) is 4.98 Å². The van der Waals surface area contributed by atoms with E-state index in [-0.39, 0.29) is 0 Å². The van der Waals surface area contributed by atoms with Crippen molar-refractivity contribution in [1.29, 1.82) is 0 Å². The Hall–Kier alpha value is -2.15. The third-order valence-corrected chi connectivity index (χ3v) is 4.29. The monoisotopic (exact) mass is 289 g/mol. The van der Waals surface area contributed by atoms with E-state index in [9.17, 15) is 0 Å². The van der Waals surface area contributed by atoms with Crippen LogP contribution in [0.15, 0.2) is 66.7 Å². The minimum Gasteiger partial charge on any atom is -0.253 e. The van der Waals surface area contributed by atoms with Crippen molar-refractivity contribution < 1.29 is 0 Å². The van der Waals surface area contributed by atoms with E-state index in [1.165, 1.54) is 35.9 Å². The average Bonchev–Trinajstić information content (AvgIpc) is 2.59. The van der Waals surface area contributed by atoms with Crippen molar-refractivity contribution in [3.8, 4) is 0 Å². The molecule has 0 fully saturated rings. The lowest BCUT2D eigenvalue weighted by molar-refractivity contribution is 0.576. The number of fused-ring (bicyclic) bond motifs is 1. The summed E-state index contributed by atoms with van der Waals surface area (Å²) in [4.78, 5) is 4.85. The Labute approximate surface area is 133 Å². The highest BCUT2D eigenvalue weighted by Gasteiger charge is 2.13. The van der Waals surface area contributed by atoms with E-state index in [4.69, 9.17) is 4.98 Å². The van der Waals surface area contributed by atoms with Crippen LogP contribution in [0.2, 0.25) is 0 Å². The fourth-order valence-corrected chi connectivity index (χ4v) is 3.04. The van der Waals surface area contributed by atoms with Crippen molar-refractivity contribution >= 4 is 10.9 Å². The van der Waals surface area contributed by atoms with E-state index < -0.39 is 0 Å². The number of nitrogens with zero attached hydrogens (tertiary/aromatic N) is 1. The summed E-state index contributed by atoms with van der Waals surface area (Å²) in [7, 11) is 0. The molecule has 0 saturated heterocycles. The number of rotatable bonds is 6. The predicted octanol–water partition coefficient (Wildman–Crippen LogP) is 5.75. The van der Waals surface area contributed by atoms with Crippen LogP contribution in [0.1, 0.15) is 43.4 Å². The highest BCUT2D eigenvalue weighted by atomic mass is 14.7. The largest absolute Gasteiger partial charge is 0.253 e. The molecule has 0 amide bonds. The molecule has 1 nitrogen and oxygen atoms in total. The Bertz CT molecular complexity index is 718. The van der Waals surface area contributed by atoms with Crippen LogP contribution in [0, 0.1) is 0 Å². The third-order valence-electron chi connectivity index (χ3n) is 4.29. The molecule has 0 radical (unpaired) electrons. The molecule has 1 heteroatoms. The molecule has 3 aromatic rings. The van der Waals surface area contributed by atoms with E-state index in [0.29, 0.717) is 5.92 Å². The number of unbranched alkanes of at least 4 members (excludes halogenated alkanes) is 1. The second kappa shape index (κ2) is 7.22. The van der Waals surface area contributed by atoms with Gasteiger partial charge >= 0.3 is 0 Å². The van der Waals surface area contributed by atoms with E-state index >= 15 is 0 Å². The Morgan fingerprint density at radius 3 is 2.45 bits per heavy atom. The van der Waals surface area contributed by atoms with Gasteiger partial charge in [0.15, 0.2) is 0 Å². The molecule has 1 aromatic heterocycles. The van der Waals surface area contributed by atoms with Gasteiger partial charge in [-0.3, -0.25) is 4.98 Å². The van der Waals surface area contributed by atoms with Gasteiger partial charge in [0.1, 0.15) is 0 Å². The first-order valence-electron chi connectivity index (χ1n) is 8.26. The maximum Gasteiger partial charge on any atom is 0.0705 e. The SMILES string of the molecule is CCCC[C@@H](Cc1ccc2ccccc2n1)c1ccccc1. The summed E-state index contributed by atoms with van der Waals surface area (Å²) in [6.07, 6.45) is 4.77. The molecule has 2 aromatic carbocycles. The van der Waals surface area contributed by atoms with Gasteiger partial charge in [-0.2, -0.15) is 0 Å². The molecule has 3 rings (SSSR count). The zero-order valence-corrected chi connectivity index (χ0v) is 13.2. The smallest absolute Gasteiger partial charge is 0.0705 e. The summed E-state index contributed by atoms with van der Waals surface area (Å²) in [5.41, 5.74) is 3.73. The summed E-state index contributed by atoms with van der Waals surface area (Å²) in [5.74, 6) is 0.565. The predicted molar refractivity (Wildman–Crippen MR) is 94.2 cm³/mol. The summed E-state index contributed by atoms with van der Waals surface area (Å²) in [5, 5.41) is 1.22. The molecule has 0 saturated carbocycles. The van der Waals surface area contributed by atoms with E-state index in [1.54, 1.807) is 0 Å². The molecule has 0 aliphatic rings. The molecule has 0 unspecified atom stereocenters. The van der Waals surface area contributed by atoms with E-state index in [2.05, 4.69) is 73.7 Å². The maximum absolute atomic E-state index is 4.85. The summed E-state index contributed by atoms with van der Waals surface area (Å²) >= 11 is 0. The number of aromatic nitrogens is 1. The first-order valence-corrected chi connectivity index (χ1v) is 8.26. The zero-order valence-electron chi connectivity index (χ0n) is 13.2. The fourth-order valence-electron chi connectivity index (χ4n) is 3.04. The fraction of sp³-hybridized carbons (Fsp3) is 0.286. The number of hydrogen-bond acceptors (Lipinski definition) is 1. The summed E-state index contributed by atoms with van der Waals surface area (Å²) in [6.45, 7) is 2.26. The number of pyridine rings is 1. The van der Waals surface area contributed by atoms with Crippen molar-refractivity contribution in [2.45, 2.75) is 38.5 Å². The Balaban J connectivity index is 1.84. The lowest BCUT2D eigenvalue weighted by atomic mass is 9.89. The van der Waals surface area contributed by atoms with Gasteiger partial charge in [-0.05, 0) is 36.5 Å². The van der Waals surface area contributed by atoms with Crippen LogP contribution in [0.25, 0.3) is 10.9 Å². The second-order valence-electron chi connectivity index (χ2n) is 5.95. The van der Waals surface area contributed by atoms with Crippen LogP contribution < -0.4 is 0 Å². The van der Waals surface area contributed by atoms with Gasteiger partial charge in [0, 0.05) is 11.1 Å². The van der Waals surface area contributed by atoms with Gasteiger partial charge in [-0.1, -0.05) is 74.4 Å². The molecule has 0 bridgehead atoms. The molecule has 112 valence electrons. The maximum atomic E-state index is 4.85. The van der Waals surface area contributed by atoms with Crippen LogP contribution >= 0.6 is 0 Å². The van der Waals surface area contributed by atoms with Crippen LogP contribution in [0.5, 0.6) is 0 Å². The van der Waals surface area contributed by atoms with Gasteiger partial charge in [0.05, 0.1) is 5.52 Å². The van der Waals surface area contributed by atoms with Crippen molar-refractivity contribution in [2.24, 2.45) is 0 Å². The molecular formula is C21H23N.